The fraction of sp³-hybridized carbons (Fsp3) is 0.571. The maximum Gasteiger partial charge on any atom is 0.387 e. The first-order valence-corrected chi connectivity index (χ1v) is 6.49. The molecule has 1 rings (SSSR count). The number of aliphatic hydroxyl groups is 1. The second-order valence-electron chi connectivity index (χ2n) is 4.56. The molecule has 0 amide bonds. The van der Waals surface area contributed by atoms with Crippen molar-refractivity contribution in [3.63, 3.8) is 0 Å². The first-order chi connectivity index (χ1) is 9.02. The molecule has 19 heavy (non-hydrogen) atoms. The first kappa shape index (κ1) is 15.9. The average Bonchev–Trinajstić information content (AvgIpc) is 2.36. The molecule has 0 radical (unpaired) electrons. The molecule has 0 bridgehead atoms. The lowest BCUT2D eigenvalue weighted by molar-refractivity contribution is -0.0499. The Bertz CT molecular complexity index is 374. The molecule has 2 unspecified atom stereocenters. The predicted molar refractivity (Wildman–Crippen MR) is 70.4 cm³/mol. The minimum atomic E-state index is -2.85. The Kier molecular flexibility index (Phi) is 6.73. The second kappa shape index (κ2) is 8.07. The fourth-order valence-electron chi connectivity index (χ4n) is 1.86. The highest BCUT2D eigenvalue weighted by atomic mass is 19.3. The molecule has 2 atom stereocenters. The molecule has 0 spiro atoms. The van der Waals surface area contributed by atoms with Gasteiger partial charge in [0.15, 0.2) is 0 Å². The largest absolute Gasteiger partial charge is 0.435 e. The van der Waals surface area contributed by atoms with E-state index in [1.165, 1.54) is 12.1 Å². The summed E-state index contributed by atoms with van der Waals surface area (Å²) in [6.07, 6.45) is 1.36. The summed E-state index contributed by atoms with van der Waals surface area (Å²) >= 11 is 0. The molecule has 0 aliphatic rings. The van der Waals surface area contributed by atoms with E-state index >= 15 is 0 Å². The molecule has 0 aliphatic heterocycles. The van der Waals surface area contributed by atoms with Crippen molar-refractivity contribution < 1.29 is 18.6 Å². The Hall–Kier alpha value is -1.20. The van der Waals surface area contributed by atoms with Crippen LogP contribution in [0.3, 0.4) is 0 Å². The smallest absolute Gasteiger partial charge is 0.387 e. The van der Waals surface area contributed by atoms with E-state index in [2.05, 4.69) is 17.0 Å². The SMILES string of the molecule is CCCC(C)NCC(O)c1cccc(OC(F)F)c1. The van der Waals surface area contributed by atoms with Crippen LogP contribution in [-0.4, -0.2) is 24.3 Å². The van der Waals surface area contributed by atoms with Gasteiger partial charge in [-0.3, -0.25) is 0 Å². The molecule has 0 aromatic heterocycles. The van der Waals surface area contributed by atoms with Crippen LogP contribution < -0.4 is 10.1 Å². The summed E-state index contributed by atoms with van der Waals surface area (Å²) in [4.78, 5) is 0. The third kappa shape index (κ3) is 5.98. The minimum absolute atomic E-state index is 0.0631. The van der Waals surface area contributed by atoms with Crippen LogP contribution in [0.2, 0.25) is 0 Å². The second-order valence-corrected chi connectivity index (χ2v) is 4.56. The monoisotopic (exact) mass is 273 g/mol. The Labute approximate surface area is 112 Å². The number of halogens is 2. The van der Waals surface area contributed by atoms with Crippen molar-refractivity contribution in [3.05, 3.63) is 29.8 Å². The van der Waals surface area contributed by atoms with E-state index in [1.54, 1.807) is 12.1 Å². The van der Waals surface area contributed by atoms with Gasteiger partial charge in [0.05, 0.1) is 6.10 Å². The van der Waals surface area contributed by atoms with E-state index < -0.39 is 12.7 Å². The normalized spacial score (nSPS) is 14.4. The zero-order valence-electron chi connectivity index (χ0n) is 11.3. The van der Waals surface area contributed by atoms with Crippen molar-refractivity contribution in [2.75, 3.05) is 6.54 Å². The van der Waals surface area contributed by atoms with Gasteiger partial charge >= 0.3 is 6.61 Å². The molecular formula is C14H21F2NO2. The molecule has 108 valence electrons. The molecule has 1 aromatic carbocycles. The van der Waals surface area contributed by atoms with Crippen LogP contribution in [0.15, 0.2) is 24.3 Å². The van der Waals surface area contributed by atoms with Crippen LogP contribution in [0.1, 0.15) is 38.4 Å². The maximum absolute atomic E-state index is 12.1. The Morgan fingerprint density at radius 3 is 2.74 bits per heavy atom. The van der Waals surface area contributed by atoms with E-state index in [1.807, 2.05) is 6.92 Å². The molecule has 0 saturated heterocycles. The number of aliphatic hydroxyl groups excluding tert-OH is 1. The van der Waals surface area contributed by atoms with Crippen molar-refractivity contribution in [1.82, 2.24) is 5.32 Å². The maximum atomic E-state index is 12.1. The van der Waals surface area contributed by atoms with Crippen LogP contribution in [0, 0.1) is 0 Å². The van der Waals surface area contributed by atoms with E-state index in [-0.39, 0.29) is 5.75 Å². The standard InChI is InChI=1S/C14H21F2NO2/c1-3-5-10(2)17-9-13(18)11-6-4-7-12(8-11)19-14(15)16/h4,6-8,10,13-14,17-18H,3,5,9H2,1-2H3. The average molecular weight is 273 g/mol. The molecule has 3 nitrogen and oxygen atoms in total. The number of rotatable bonds is 8. The quantitative estimate of drug-likeness (QED) is 0.764. The number of hydrogen-bond acceptors (Lipinski definition) is 3. The lowest BCUT2D eigenvalue weighted by atomic mass is 10.1. The number of alkyl halides is 2. The highest BCUT2D eigenvalue weighted by Gasteiger charge is 2.11. The molecular weight excluding hydrogens is 252 g/mol. The molecule has 5 heteroatoms. The number of benzene rings is 1. The minimum Gasteiger partial charge on any atom is -0.435 e. The van der Waals surface area contributed by atoms with Crippen LogP contribution in [0.5, 0.6) is 5.75 Å². The van der Waals surface area contributed by atoms with Gasteiger partial charge in [0, 0.05) is 12.6 Å². The summed E-state index contributed by atoms with van der Waals surface area (Å²) in [5.74, 6) is 0.0631. The number of nitrogens with one attached hydrogen (secondary N) is 1. The lowest BCUT2D eigenvalue weighted by Gasteiger charge is -2.17. The fourth-order valence-corrected chi connectivity index (χ4v) is 1.86. The lowest BCUT2D eigenvalue weighted by Crippen LogP contribution is -2.30. The van der Waals surface area contributed by atoms with Gasteiger partial charge in [0.2, 0.25) is 0 Å². The van der Waals surface area contributed by atoms with Crippen LogP contribution in [-0.2, 0) is 0 Å². The summed E-state index contributed by atoms with van der Waals surface area (Å²) in [6.45, 7) is 1.68. The first-order valence-electron chi connectivity index (χ1n) is 6.49. The summed E-state index contributed by atoms with van der Waals surface area (Å²) in [5, 5.41) is 13.2. The van der Waals surface area contributed by atoms with Gasteiger partial charge in [-0.2, -0.15) is 8.78 Å². The van der Waals surface area contributed by atoms with Crippen LogP contribution in [0.25, 0.3) is 0 Å². The van der Waals surface area contributed by atoms with Gasteiger partial charge in [-0.25, -0.2) is 0 Å². The Balaban J connectivity index is 2.54. The van der Waals surface area contributed by atoms with Crippen LogP contribution >= 0.6 is 0 Å². The van der Waals surface area contributed by atoms with E-state index in [0.29, 0.717) is 18.2 Å². The van der Waals surface area contributed by atoms with Gasteiger partial charge in [0.1, 0.15) is 5.75 Å². The van der Waals surface area contributed by atoms with Crippen molar-refractivity contribution in [3.8, 4) is 5.75 Å². The van der Waals surface area contributed by atoms with Gasteiger partial charge < -0.3 is 15.2 Å². The molecule has 0 heterocycles. The van der Waals surface area contributed by atoms with Gasteiger partial charge in [-0.05, 0) is 31.0 Å². The van der Waals surface area contributed by atoms with Gasteiger partial charge in [0.25, 0.3) is 0 Å². The third-order valence-electron chi connectivity index (χ3n) is 2.85. The zero-order chi connectivity index (χ0) is 14.3. The van der Waals surface area contributed by atoms with Crippen molar-refractivity contribution >= 4 is 0 Å². The number of ether oxygens (including phenoxy) is 1. The van der Waals surface area contributed by atoms with E-state index in [0.717, 1.165) is 12.8 Å². The zero-order valence-corrected chi connectivity index (χ0v) is 11.3. The Morgan fingerprint density at radius 2 is 2.11 bits per heavy atom. The topological polar surface area (TPSA) is 41.5 Å². The highest BCUT2D eigenvalue weighted by Crippen LogP contribution is 2.20. The van der Waals surface area contributed by atoms with Gasteiger partial charge in [-0.15, -0.1) is 0 Å². The molecule has 1 aromatic rings. The van der Waals surface area contributed by atoms with Gasteiger partial charge in [-0.1, -0.05) is 25.5 Å². The summed E-state index contributed by atoms with van der Waals surface area (Å²) in [5.41, 5.74) is 0.564. The highest BCUT2D eigenvalue weighted by molar-refractivity contribution is 5.30. The van der Waals surface area contributed by atoms with E-state index in [4.69, 9.17) is 0 Å². The van der Waals surface area contributed by atoms with Crippen molar-refractivity contribution in [1.29, 1.82) is 0 Å². The Morgan fingerprint density at radius 1 is 1.37 bits per heavy atom. The van der Waals surface area contributed by atoms with E-state index in [9.17, 15) is 13.9 Å². The summed E-state index contributed by atoms with van der Waals surface area (Å²) in [6, 6.07) is 6.47. The molecule has 0 fully saturated rings. The molecule has 0 aliphatic carbocycles. The van der Waals surface area contributed by atoms with Crippen LogP contribution in [0.4, 0.5) is 8.78 Å². The molecule has 2 N–H and O–H groups in total. The summed E-state index contributed by atoms with van der Waals surface area (Å²) < 4.78 is 28.5. The number of hydrogen-bond donors (Lipinski definition) is 2. The predicted octanol–water partition coefficient (Wildman–Crippen LogP) is 3.10. The van der Waals surface area contributed by atoms with Crippen molar-refractivity contribution in [2.45, 2.75) is 45.4 Å². The molecule has 0 saturated carbocycles. The third-order valence-corrected chi connectivity index (χ3v) is 2.85. The summed E-state index contributed by atoms with van der Waals surface area (Å²) in [7, 11) is 0. The van der Waals surface area contributed by atoms with Crippen molar-refractivity contribution in [2.24, 2.45) is 0 Å².